The highest BCUT2D eigenvalue weighted by atomic mass is 35.5. The van der Waals surface area contributed by atoms with E-state index in [4.69, 9.17) is 22.5 Å². The summed E-state index contributed by atoms with van der Waals surface area (Å²) in [6.45, 7) is 5.44. The molecular formula is C15H22ClN3O. The molecule has 0 spiro atoms. The van der Waals surface area contributed by atoms with E-state index in [1.165, 1.54) is 19.3 Å². The number of halogens is 1. The second kappa shape index (κ2) is 6.95. The van der Waals surface area contributed by atoms with Crippen molar-refractivity contribution in [1.29, 1.82) is 0 Å². The molecule has 1 aromatic carbocycles. The summed E-state index contributed by atoms with van der Waals surface area (Å²) in [5.41, 5.74) is 7.30. The van der Waals surface area contributed by atoms with Gasteiger partial charge < -0.3 is 10.9 Å². The van der Waals surface area contributed by atoms with Crippen LogP contribution in [0.1, 0.15) is 37.3 Å². The summed E-state index contributed by atoms with van der Waals surface area (Å²) in [6.07, 6.45) is 3.81. The van der Waals surface area contributed by atoms with Crippen molar-refractivity contribution in [3.8, 4) is 0 Å². The minimum absolute atomic E-state index is 0.0852. The van der Waals surface area contributed by atoms with E-state index in [2.05, 4.69) is 17.0 Å². The smallest absolute Gasteiger partial charge is 0.170 e. The van der Waals surface area contributed by atoms with Crippen molar-refractivity contribution in [1.82, 2.24) is 4.90 Å². The van der Waals surface area contributed by atoms with Gasteiger partial charge in [-0.3, -0.25) is 4.90 Å². The Bertz CT molecular complexity index is 490. The maximum absolute atomic E-state index is 8.68. The molecule has 5 heteroatoms. The van der Waals surface area contributed by atoms with Gasteiger partial charge in [0.05, 0.1) is 0 Å². The van der Waals surface area contributed by atoms with Crippen LogP contribution in [0.15, 0.2) is 23.4 Å². The average molecular weight is 296 g/mol. The lowest BCUT2D eigenvalue weighted by Crippen LogP contribution is -2.24. The zero-order chi connectivity index (χ0) is 14.5. The molecule has 0 aliphatic carbocycles. The zero-order valence-corrected chi connectivity index (χ0v) is 12.6. The van der Waals surface area contributed by atoms with E-state index in [1.54, 1.807) is 6.07 Å². The van der Waals surface area contributed by atoms with Crippen LogP contribution in [0.4, 0.5) is 0 Å². The Hall–Kier alpha value is -1.26. The van der Waals surface area contributed by atoms with Crippen molar-refractivity contribution < 1.29 is 5.21 Å². The van der Waals surface area contributed by atoms with Crippen molar-refractivity contribution in [3.05, 3.63) is 34.3 Å². The Morgan fingerprint density at radius 2 is 2.25 bits per heavy atom. The number of likely N-dealkylation sites (tertiary alicyclic amines) is 1. The van der Waals surface area contributed by atoms with Crippen LogP contribution in [0, 0.1) is 5.92 Å². The van der Waals surface area contributed by atoms with Crippen LogP contribution in [-0.4, -0.2) is 29.0 Å². The van der Waals surface area contributed by atoms with Crippen molar-refractivity contribution in [3.63, 3.8) is 0 Å². The molecule has 0 radical (unpaired) electrons. The molecule has 1 aromatic rings. The van der Waals surface area contributed by atoms with Crippen LogP contribution >= 0.6 is 11.6 Å². The molecule has 1 saturated heterocycles. The third kappa shape index (κ3) is 3.87. The molecule has 1 fully saturated rings. The van der Waals surface area contributed by atoms with Gasteiger partial charge >= 0.3 is 0 Å². The van der Waals surface area contributed by atoms with Gasteiger partial charge in [0.25, 0.3) is 0 Å². The number of hydrogen-bond acceptors (Lipinski definition) is 3. The highest BCUT2D eigenvalue weighted by Crippen LogP contribution is 2.22. The minimum Gasteiger partial charge on any atom is -0.409 e. The number of hydrogen-bond donors (Lipinski definition) is 2. The molecule has 110 valence electrons. The van der Waals surface area contributed by atoms with Crippen LogP contribution in [0.3, 0.4) is 0 Å². The fourth-order valence-corrected chi connectivity index (χ4v) is 2.85. The molecular weight excluding hydrogens is 274 g/mol. The van der Waals surface area contributed by atoms with E-state index in [0.717, 1.165) is 31.1 Å². The number of nitrogens with two attached hydrogens (primary N) is 1. The predicted molar refractivity (Wildman–Crippen MR) is 82.3 cm³/mol. The highest BCUT2D eigenvalue weighted by Gasteiger charge is 2.15. The fourth-order valence-electron chi connectivity index (χ4n) is 2.61. The highest BCUT2D eigenvalue weighted by molar-refractivity contribution is 6.31. The van der Waals surface area contributed by atoms with E-state index >= 15 is 0 Å². The molecule has 1 atom stereocenters. The second-order valence-corrected chi connectivity index (χ2v) is 6.01. The minimum atomic E-state index is 0.0852. The lowest BCUT2D eigenvalue weighted by atomic mass is 10.0. The first kappa shape index (κ1) is 15.1. The Kier molecular flexibility index (Phi) is 5.26. The maximum atomic E-state index is 8.68. The van der Waals surface area contributed by atoms with Gasteiger partial charge in [0.1, 0.15) is 0 Å². The van der Waals surface area contributed by atoms with E-state index < -0.39 is 0 Å². The predicted octanol–water partition coefficient (Wildman–Crippen LogP) is 3.06. The molecule has 1 heterocycles. The standard InChI is InChI=1S/C15H22ClN3O/c1-11-3-2-7-19(8-6-11)10-13-5-4-12(9-14(13)16)15(17)18-20/h4-5,9,11,20H,2-3,6-8,10H2,1H3,(H2,17,18). The molecule has 3 N–H and O–H groups in total. The van der Waals surface area contributed by atoms with Crippen molar-refractivity contribution in [2.45, 2.75) is 32.7 Å². The number of amidine groups is 1. The van der Waals surface area contributed by atoms with Crippen LogP contribution in [-0.2, 0) is 6.54 Å². The average Bonchev–Trinajstić information content (AvgIpc) is 2.65. The fraction of sp³-hybridized carbons (Fsp3) is 0.533. The Balaban J connectivity index is 2.06. The summed E-state index contributed by atoms with van der Waals surface area (Å²) in [4.78, 5) is 2.45. The Labute approximate surface area is 125 Å². The van der Waals surface area contributed by atoms with Gasteiger partial charge in [-0.05, 0) is 49.9 Å². The molecule has 2 rings (SSSR count). The third-order valence-corrected chi connectivity index (χ3v) is 4.31. The topological polar surface area (TPSA) is 61.8 Å². The molecule has 4 nitrogen and oxygen atoms in total. The molecule has 1 unspecified atom stereocenters. The van der Waals surface area contributed by atoms with Crippen LogP contribution in [0.5, 0.6) is 0 Å². The molecule has 20 heavy (non-hydrogen) atoms. The summed E-state index contributed by atoms with van der Waals surface area (Å²) in [5, 5.41) is 12.3. The van der Waals surface area contributed by atoms with Gasteiger partial charge in [-0.2, -0.15) is 0 Å². The van der Waals surface area contributed by atoms with E-state index in [0.29, 0.717) is 10.6 Å². The third-order valence-electron chi connectivity index (χ3n) is 3.96. The lowest BCUT2D eigenvalue weighted by molar-refractivity contribution is 0.274. The van der Waals surface area contributed by atoms with Crippen LogP contribution in [0.2, 0.25) is 5.02 Å². The first-order chi connectivity index (χ1) is 9.60. The van der Waals surface area contributed by atoms with Crippen LogP contribution in [0.25, 0.3) is 0 Å². The monoisotopic (exact) mass is 295 g/mol. The largest absolute Gasteiger partial charge is 0.409 e. The van der Waals surface area contributed by atoms with Crippen molar-refractivity contribution in [2.24, 2.45) is 16.8 Å². The van der Waals surface area contributed by atoms with Gasteiger partial charge in [0, 0.05) is 17.1 Å². The Morgan fingerprint density at radius 3 is 2.95 bits per heavy atom. The first-order valence-corrected chi connectivity index (χ1v) is 7.46. The van der Waals surface area contributed by atoms with E-state index in [1.807, 2.05) is 12.1 Å². The SMILES string of the molecule is CC1CCCN(Cc2ccc(/C(N)=N/O)cc2Cl)CC1. The number of benzene rings is 1. The summed E-state index contributed by atoms with van der Waals surface area (Å²) in [7, 11) is 0. The summed E-state index contributed by atoms with van der Waals surface area (Å²) in [6, 6.07) is 5.56. The van der Waals surface area contributed by atoms with E-state index in [9.17, 15) is 0 Å². The van der Waals surface area contributed by atoms with Gasteiger partial charge in [0.2, 0.25) is 0 Å². The summed E-state index contributed by atoms with van der Waals surface area (Å²) >= 11 is 6.30. The number of rotatable bonds is 3. The Morgan fingerprint density at radius 1 is 1.45 bits per heavy atom. The zero-order valence-electron chi connectivity index (χ0n) is 11.8. The van der Waals surface area contributed by atoms with Gasteiger partial charge in [-0.1, -0.05) is 35.8 Å². The molecule has 1 aliphatic heterocycles. The second-order valence-electron chi connectivity index (χ2n) is 5.60. The van der Waals surface area contributed by atoms with Crippen molar-refractivity contribution >= 4 is 17.4 Å². The lowest BCUT2D eigenvalue weighted by Gasteiger charge is -2.20. The van der Waals surface area contributed by atoms with Gasteiger partial charge in [-0.15, -0.1) is 0 Å². The van der Waals surface area contributed by atoms with Gasteiger partial charge in [-0.25, -0.2) is 0 Å². The molecule has 0 saturated carbocycles. The summed E-state index contributed by atoms with van der Waals surface area (Å²) < 4.78 is 0. The van der Waals surface area contributed by atoms with Crippen LogP contribution < -0.4 is 5.73 Å². The molecule has 1 aliphatic rings. The normalized spacial score (nSPS) is 21.7. The maximum Gasteiger partial charge on any atom is 0.170 e. The molecule has 0 bridgehead atoms. The number of nitrogens with zero attached hydrogens (tertiary/aromatic N) is 2. The molecule has 0 aromatic heterocycles. The van der Waals surface area contributed by atoms with Gasteiger partial charge in [0.15, 0.2) is 5.84 Å². The first-order valence-electron chi connectivity index (χ1n) is 7.09. The van der Waals surface area contributed by atoms with E-state index in [-0.39, 0.29) is 5.84 Å². The quantitative estimate of drug-likeness (QED) is 0.390. The summed E-state index contributed by atoms with van der Waals surface area (Å²) in [5.74, 6) is 0.903. The van der Waals surface area contributed by atoms with Crippen molar-refractivity contribution in [2.75, 3.05) is 13.1 Å². The molecule has 0 amide bonds. The number of oxime groups is 1.